The van der Waals surface area contributed by atoms with Gasteiger partial charge in [-0.1, -0.05) is 84.5 Å². The highest BCUT2D eigenvalue weighted by molar-refractivity contribution is 5.89. The van der Waals surface area contributed by atoms with Crippen LogP contribution in [0, 0.1) is 22.7 Å². The first-order chi connectivity index (χ1) is 23.3. The fraction of sp³-hybridized carbons (Fsp3) is 0.200. The van der Waals surface area contributed by atoms with E-state index in [4.69, 9.17) is 0 Å². The number of nitrogens with zero attached hydrogens (tertiary/aromatic N) is 3. The van der Waals surface area contributed by atoms with Gasteiger partial charge in [-0.2, -0.15) is 10.5 Å². The SMILES string of the molecule is C=C1/C=C\C(C#N)=C/CC2(C(/C=C(C)\C=C/C)=C(C)c3ccc(N(C4=CC=CCC=C4)C4=CC=C(C)CC4)cc32)c2cc(C#N)ccc21. The van der Waals surface area contributed by atoms with Crippen LogP contribution >= 0.6 is 0 Å². The molecule has 0 radical (unpaired) electrons. The predicted octanol–water partition coefficient (Wildman–Crippen LogP) is 11.4. The zero-order chi connectivity index (χ0) is 33.8. The van der Waals surface area contributed by atoms with Gasteiger partial charge < -0.3 is 4.90 Å². The van der Waals surface area contributed by atoms with Gasteiger partial charge in [-0.15, -0.1) is 0 Å². The van der Waals surface area contributed by atoms with E-state index in [1.807, 2.05) is 37.3 Å². The Kier molecular flexibility index (Phi) is 9.16. The van der Waals surface area contributed by atoms with E-state index in [2.05, 4.69) is 129 Å². The van der Waals surface area contributed by atoms with Crippen molar-refractivity contribution < 1.29 is 0 Å². The Hall–Kier alpha value is -5.64. The van der Waals surface area contributed by atoms with Gasteiger partial charge in [0.2, 0.25) is 0 Å². The van der Waals surface area contributed by atoms with Crippen molar-refractivity contribution in [2.75, 3.05) is 4.90 Å². The number of allylic oxidation sites excluding steroid dienone is 20. The zero-order valence-electron chi connectivity index (χ0n) is 28.3. The van der Waals surface area contributed by atoms with Crippen molar-refractivity contribution in [1.82, 2.24) is 0 Å². The first kappa shape index (κ1) is 32.3. The Morgan fingerprint density at radius 1 is 0.917 bits per heavy atom. The molecule has 1 unspecified atom stereocenters. The van der Waals surface area contributed by atoms with E-state index < -0.39 is 5.41 Å². The van der Waals surface area contributed by atoms with E-state index in [0.717, 1.165) is 52.9 Å². The Labute approximate surface area is 285 Å². The van der Waals surface area contributed by atoms with E-state index >= 15 is 0 Å². The molecule has 0 aliphatic heterocycles. The minimum absolute atomic E-state index is 0.550. The van der Waals surface area contributed by atoms with Crippen molar-refractivity contribution >= 4 is 16.8 Å². The van der Waals surface area contributed by atoms with Crippen LogP contribution in [0.25, 0.3) is 11.1 Å². The van der Waals surface area contributed by atoms with Gasteiger partial charge in [0, 0.05) is 22.7 Å². The van der Waals surface area contributed by atoms with Crippen LogP contribution in [0.3, 0.4) is 0 Å². The van der Waals surface area contributed by atoms with Crippen LogP contribution in [0.5, 0.6) is 0 Å². The molecule has 4 aliphatic rings. The molecule has 1 spiro atoms. The molecule has 2 aromatic rings. The lowest BCUT2D eigenvalue weighted by molar-refractivity contribution is 0.636. The monoisotopic (exact) mass is 623 g/mol. The molecule has 0 saturated carbocycles. The van der Waals surface area contributed by atoms with Crippen LogP contribution in [0.1, 0.15) is 81.2 Å². The van der Waals surface area contributed by atoms with Gasteiger partial charge in [-0.3, -0.25) is 0 Å². The average molecular weight is 624 g/mol. The molecule has 0 fully saturated rings. The second-order valence-electron chi connectivity index (χ2n) is 12.9. The molecule has 0 amide bonds. The molecule has 3 nitrogen and oxygen atoms in total. The fourth-order valence-electron chi connectivity index (χ4n) is 7.41. The molecule has 1 atom stereocenters. The highest BCUT2D eigenvalue weighted by Crippen LogP contribution is 2.56. The van der Waals surface area contributed by atoms with E-state index in [1.165, 1.54) is 33.5 Å². The number of benzene rings is 2. The van der Waals surface area contributed by atoms with E-state index in [-0.39, 0.29) is 0 Å². The van der Waals surface area contributed by atoms with Gasteiger partial charge in [0.05, 0.1) is 23.1 Å². The largest absolute Gasteiger partial charge is 0.314 e. The highest BCUT2D eigenvalue weighted by Gasteiger charge is 2.46. The van der Waals surface area contributed by atoms with Crippen molar-refractivity contribution in [1.29, 1.82) is 10.5 Å². The summed E-state index contributed by atoms with van der Waals surface area (Å²) >= 11 is 0. The molecular formula is C45H41N3. The molecular weight excluding hydrogens is 583 g/mol. The van der Waals surface area contributed by atoms with Crippen molar-refractivity contribution in [3.8, 4) is 12.1 Å². The van der Waals surface area contributed by atoms with Crippen LogP contribution in [0.15, 0.2) is 156 Å². The first-order valence-corrected chi connectivity index (χ1v) is 16.7. The number of nitriles is 2. The highest BCUT2D eigenvalue weighted by atomic mass is 15.2. The normalized spacial score (nSPS) is 22.2. The van der Waals surface area contributed by atoms with Gasteiger partial charge in [-0.05, 0) is 141 Å². The summed E-state index contributed by atoms with van der Waals surface area (Å²) in [5, 5.41) is 20.3. The summed E-state index contributed by atoms with van der Waals surface area (Å²) in [4.78, 5) is 2.40. The Bertz CT molecular complexity index is 2100. The van der Waals surface area contributed by atoms with E-state index in [9.17, 15) is 10.5 Å². The Morgan fingerprint density at radius 2 is 1.73 bits per heavy atom. The summed E-state index contributed by atoms with van der Waals surface area (Å²) in [6.45, 7) is 13.0. The molecule has 48 heavy (non-hydrogen) atoms. The molecule has 0 bridgehead atoms. The lowest BCUT2D eigenvalue weighted by Gasteiger charge is -2.37. The lowest BCUT2D eigenvalue weighted by Crippen LogP contribution is -2.30. The lowest BCUT2D eigenvalue weighted by atomic mass is 9.66. The maximum Gasteiger partial charge on any atom is 0.0991 e. The number of rotatable bonds is 5. The third-order valence-corrected chi connectivity index (χ3v) is 9.81. The summed E-state index contributed by atoms with van der Waals surface area (Å²) in [5.74, 6) is 0. The van der Waals surface area contributed by atoms with Crippen LogP contribution in [0.2, 0.25) is 0 Å². The average Bonchev–Trinajstić information content (AvgIpc) is 3.22. The van der Waals surface area contributed by atoms with E-state index in [1.54, 1.807) is 0 Å². The van der Waals surface area contributed by atoms with Crippen molar-refractivity contribution in [3.05, 3.63) is 183 Å². The van der Waals surface area contributed by atoms with Crippen LogP contribution in [-0.4, -0.2) is 0 Å². The molecule has 0 saturated heterocycles. The van der Waals surface area contributed by atoms with Crippen molar-refractivity contribution in [2.24, 2.45) is 0 Å². The van der Waals surface area contributed by atoms with Gasteiger partial charge in [0.15, 0.2) is 0 Å². The molecule has 6 rings (SSSR count). The van der Waals surface area contributed by atoms with Gasteiger partial charge in [-0.25, -0.2) is 0 Å². The molecule has 3 heteroatoms. The summed E-state index contributed by atoms with van der Waals surface area (Å²) in [7, 11) is 0. The summed E-state index contributed by atoms with van der Waals surface area (Å²) < 4.78 is 0. The standard InChI is InChI=1S/C45H41N3/c1-6-11-32(3)26-42-34(5)41-23-21-39(48(37-12-9-7-8-10-13-37)38-19-14-31(2)15-20-38)28-44(41)45(42)25-24-35(29-46)17-16-33(4)40-22-18-36(30-47)27-43(40)45/h6-7,9-14,16-19,21-24,26-28H,4,8,15,20,25H2,1-3,5H3/b11-6-,17-16-,32-26-,35-24+. The molecule has 0 aromatic heterocycles. The van der Waals surface area contributed by atoms with Crippen molar-refractivity contribution in [2.45, 2.75) is 58.8 Å². The Balaban J connectivity index is 1.71. The van der Waals surface area contributed by atoms with Crippen LogP contribution < -0.4 is 4.90 Å². The van der Waals surface area contributed by atoms with Crippen LogP contribution in [-0.2, 0) is 5.41 Å². The third-order valence-electron chi connectivity index (χ3n) is 9.81. The van der Waals surface area contributed by atoms with Gasteiger partial charge in [0.25, 0.3) is 0 Å². The van der Waals surface area contributed by atoms with Gasteiger partial charge >= 0.3 is 0 Å². The molecule has 236 valence electrons. The quantitative estimate of drug-likeness (QED) is 0.311. The minimum atomic E-state index is -0.686. The summed E-state index contributed by atoms with van der Waals surface area (Å²) in [6, 6.07) is 17.6. The Morgan fingerprint density at radius 3 is 2.48 bits per heavy atom. The van der Waals surface area contributed by atoms with Crippen LogP contribution in [0.4, 0.5) is 5.69 Å². The molecule has 4 aliphatic carbocycles. The topological polar surface area (TPSA) is 50.8 Å². The minimum Gasteiger partial charge on any atom is -0.314 e. The molecule has 2 aromatic carbocycles. The second-order valence-corrected chi connectivity index (χ2v) is 12.9. The van der Waals surface area contributed by atoms with Gasteiger partial charge in [0.1, 0.15) is 0 Å². The second kappa shape index (κ2) is 13.6. The summed E-state index contributed by atoms with van der Waals surface area (Å²) in [5.41, 5.74) is 14.0. The predicted molar refractivity (Wildman–Crippen MR) is 201 cm³/mol. The number of anilines is 1. The number of hydrogen-bond acceptors (Lipinski definition) is 3. The van der Waals surface area contributed by atoms with Crippen molar-refractivity contribution in [3.63, 3.8) is 0 Å². The number of hydrogen-bond donors (Lipinski definition) is 0. The fourth-order valence-corrected chi connectivity index (χ4v) is 7.41. The first-order valence-electron chi connectivity index (χ1n) is 16.7. The smallest absolute Gasteiger partial charge is 0.0991 e. The number of fused-ring (bicyclic) bond motifs is 4. The zero-order valence-corrected chi connectivity index (χ0v) is 28.3. The molecule has 0 heterocycles. The third kappa shape index (κ3) is 5.85. The molecule has 0 N–H and O–H groups in total. The van der Waals surface area contributed by atoms with E-state index in [0.29, 0.717) is 17.6 Å². The maximum absolute atomic E-state index is 10.2. The maximum atomic E-state index is 10.2. The summed E-state index contributed by atoms with van der Waals surface area (Å²) in [6.07, 6.45) is 31.2.